The molecular formula is C20H21Cl2N3S. The molecule has 1 N–H and O–H groups in total. The predicted octanol–water partition coefficient (Wildman–Crippen LogP) is 5.39. The number of hydrogen-bond acceptors (Lipinski definition) is 3. The van der Waals surface area contributed by atoms with Gasteiger partial charge >= 0.3 is 0 Å². The monoisotopic (exact) mass is 405 g/mol. The van der Waals surface area contributed by atoms with Crippen LogP contribution >= 0.6 is 35.0 Å². The van der Waals surface area contributed by atoms with E-state index in [1.54, 1.807) is 11.8 Å². The van der Waals surface area contributed by atoms with Gasteiger partial charge < -0.3 is 9.88 Å². The van der Waals surface area contributed by atoms with Crippen molar-refractivity contribution in [3.8, 4) is 0 Å². The molecule has 0 radical (unpaired) electrons. The minimum Gasteiger partial charge on any atom is -0.368 e. The van der Waals surface area contributed by atoms with Crippen LogP contribution in [0.3, 0.4) is 0 Å². The first kappa shape index (κ1) is 18.1. The van der Waals surface area contributed by atoms with E-state index in [1.165, 1.54) is 16.6 Å². The number of anilines is 1. The van der Waals surface area contributed by atoms with E-state index in [0.717, 1.165) is 43.4 Å². The van der Waals surface area contributed by atoms with Gasteiger partial charge in [0.2, 0.25) is 0 Å². The SMILES string of the molecule is Clc1cccc(SCCN2CCN(c3cccc4[nH]ccc34)CC2)c1Cl. The normalized spacial score (nSPS) is 15.7. The number of aromatic nitrogens is 1. The van der Waals surface area contributed by atoms with E-state index in [1.807, 2.05) is 24.4 Å². The van der Waals surface area contributed by atoms with Crippen LogP contribution in [0.5, 0.6) is 0 Å². The summed E-state index contributed by atoms with van der Waals surface area (Å²) in [6, 6.07) is 14.5. The molecule has 1 aliphatic rings. The summed E-state index contributed by atoms with van der Waals surface area (Å²) in [5, 5.41) is 2.61. The van der Waals surface area contributed by atoms with Crippen LogP contribution in [0, 0.1) is 0 Å². The van der Waals surface area contributed by atoms with Crippen LogP contribution in [-0.2, 0) is 0 Å². The summed E-state index contributed by atoms with van der Waals surface area (Å²) in [7, 11) is 0. The van der Waals surface area contributed by atoms with E-state index in [0.29, 0.717) is 10.0 Å². The van der Waals surface area contributed by atoms with E-state index in [4.69, 9.17) is 23.2 Å². The summed E-state index contributed by atoms with van der Waals surface area (Å²) in [6.07, 6.45) is 2.02. The number of piperazine rings is 1. The lowest BCUT2D eigenvalue weighted by atomic mass is 10.2. The van der Waals surface area contributed by atoms with Crippen LogP contribution in [0.4, 0.5) is 5.69 Å². The van der Waals surface area contributed by atoms with Crippen LogP contribution < -0.4 is 4.90 Å². The van der Waals surface area contributed by atoms with Gasteiger partial charge in [-0.15, -0.1) is 11.8 Å². The molecule has 0 bridgehead atoms. The zero-order valence-corrected chi connectivity index (χ0v) is 16.7. The Morgan fingerprint density at radius 3 is 2.62 bits per heavy atom. The molecule has 1 aromatic heterocycles. The number of benzene rings is 2. The first-order valence-electron chi connectivity index (χ1n) is 8.82. The quantitative estimate of drug-likeness (QED) is 0.575. The molecule has 3 nitrogen and oxygen atoms in total. The molecule has 0 aliphatic carbocycles. The fourth-order valence-corrected chi connectivity index (χ4v) is 4.94. The Morgan fingerprint density at radius 2 is 1.77 bits per heavy atom. The molecule has 4 rings (SSSR count). The number of aromatic amines is 1. The van der Waals surface area contributed by atoms with Gasteiger partial charge in [-0.2, -0.15) is 0 Å². The van der Waals surface area contributed by atoms with Crippen molar-refractivity contribution in [2.24, 2.45) is 0 Å². The summed E-state index contributed by atoms with van der Waals surface area (Å²) in [5.74, 6) is 1.02. The van der Waals surface area contributed by atoms with Gasteiger partial charge in [-0.1, -0.05) is 35.3 Å². The molecule has 0 amide bonds. The van der Waals surface area contributed by atoms with E-state index in [2.05, 4.69) is 39.0 Å². The highest BCUT2D eigenvalue weighted by Gasteiger charge is 2.18. The van der Waals surface area contributed by atoms with Crippen LogP contribution in [0.2, 0.25) is 10.0 Å². The lowest BCUT2D eigenvalue weighted by Gasteiger charge is -2.36. The van der Waals surface area contributed by atoms with Gasteiger partial charge in [0.05, 0.1) is 10.0 Å². The Hall–Kier alpha value is -1.33. The maximum Gasteiger partial charge on any atom is 0.0728 e. The van der Waals surface area contributed by atoms with Crippen molar-refractivity contribution in [2.75, 3.05) is 43.4 Å². The van der Waals surface area contributed by atoms with Crippen molar-refractivity contribution in [1.82, 2.24) is 9.88 Å². The Bertz CT molecular complexity index is 888. The molecule has 6 heteroatoms. The van der Waals surface area contributed by atoms with Gasteiger partial charge in [-0.05, 0) is 30.3 Å². The molecule has 26 heavy (non-hydrogen) atoms. The maximum atomic E-state index is 6.26. The lowest BCUT2D eigenvalue weighted by Crippen LogP contribution is -2.47. The van der Waals surface area contributed by atoms with Crippen molar-refractivity contribution in [1.29, 1.82) is 0 Å². The molecule has 1 aliphatic heterocycles. The van der Waals surface area contributed by atoms with E-state index in [9.17, 15) is 0 Å². The molecule has 1 fully saturated rings. The number of rotatable bonds is 5. The van der Waals surface area contributed by atoms with Crippen molar-refractivity contribution < 1.29 is 0 Å². The largest absolute Gasteiger partial charge is 0.368 e. The predicted molar refractivity (Wildman–Crippen MR) is 114 cm³/mol. The highest BCUT2D eigenvalue weighted by molar-refractivity contribution is 7.99. The number of thioether (sulfide) groups is 1. The Kier molecular flexibility index (Phi) is 5.65. The number of fused-ring (bicyclic) bond motifs is 1. The minimum absolute atomic E-state index is 0.629. The zero-order valence-electron chi connectivity index (χ0n) is 14.4. The van der Waals surface area contributed by atoms with Crippen molar-refractivity contribution >= 4 is 51.6 Å². The van der Waals surface area contributed by atoms with Crippen molar-refractivity contribution in [3.63, 3.8) is 0 Å². The minimum atomic E-state index is 0.629. The van der Waals surface area contributed by atoms with E-state index < -0.39 is 0 Å². The van der Waals surface area contributed by atoms with Crippen LogP contribution in [-0.4, -0.2) is 48.4 Å². The summed E-state index contributed by atoms with van der Waals surface area (Å²) in [4.78, 5) is 9.39. The van der Waals surface area contributed by atoms with Gasteiger partial charge in [-0.25, -0.2) is 0 Å². The number of nitrogens with one attached hydrogen (secondary N) is 1. The molecule has 0 atom stereocenters. The number of hydrogen-bond donors (Lipinski definition) is 1. The molecule has 2 heterocycles. The molecule has 1 saturated heterocycles. The third-order valence-electron chi connectivity index (χ3n) is 4.87. The molecule has 0 saturated carbocycles. The highest BCUT2D eigenvalue weighted by Crippen LogP contribution is 2.33. The van der Waals surface area contributed by atoms with Crippen molar-refractivity contribution in [2.45, 2.75) is 4.90 Å². The molecule has 136 valence electrons. The topological polar surface area (TPSA) is 22.3 Å². The van der Waals surface area contributed by atoms with Gasteiger partial charge in [0.15, 0.2) is 0 Å². The third kappa shape index (κ3) is 3.84. The lowest BCUT2D eigenvalue weighted by molar-refractivity contribution is 0.273. The highest BCUT2D eigenvalue weighted by atomic mass is 35.5. The Morgan fingerprint density at radius 1 is 0.962 bits per heavy atom. The summed E-state index contributed by atoms with van der Waals surface area (Å²) in [6.45, 7) is 5.37. The van der Waals surface area contributed by atoms with Gasteiger partial charge in [0.25, 0.3) is 0 Å². The number of H-pyrrole nitrogens is 1. The average molecular weight is 406 g/mol. The molecule has 0 spiro atoms. The second-order valence-corrected chi connectivity index (χ2v) is 8.37. The summed E-state index contributed by atoms with van der Waals surface area (Å²) >= 11 is 14.1. The zero-order chi connectivity index (χ0) is 17.9. The fourth-order valence-electron chi connectivity index (χ4n) is 3.44. The smallest absolute Gasteiger partial charge is 0.0728 e. The van der Waals surface area contributed by atoms with E-state index >= 15 is 0 Å². The van der Waals surface area contributed by atoms with Gasteiger partial charge in [0.1, 0.15) is 0 Å². The molecule has 3 aromatic rings. The van der Waals surface area contributed by atoms with Crippen LogP contribution in [0.15, 0.2) is 53.6 Å². The third-order valence-corrected chi connectivity index (χ3v) is 6.84. The number of halogens is 2. The second-order valence-electron chi connectivity index (χ2n) is 6.45. The standard InChI is InChI=1S/C20H21Cl2N3S/c21-16-3-1-6-19(20(16)22)26-14-13-24-9-11-25(12-10-24)18-5-2-4-17-15(18)7-8-23-17/h1-8,23H,9-14H2. The first-order chi connectivity index (χ1) is 12.7. The number of nitrogens with zero attached hydrogens (tertiary/aromatic N) is 2. The van der Waals surface area contributed by atoms with Gasteiger partial charge in [0, 0.05) is 66.2 Å². The maximum absolute atomic E-state index is 6.26. The fraction of sp³-hybridized carbons (Fsp3) is 0.300. The molecule has 0 unspecified atom stereocenters. The second kappa shape index (κ2) is 8.13. The Labute approximate surface area is 168 Å². The molecule has 2 aromatic carbocycles. The summed E-state index contributed by atoms with van der Waals surface area (Å²) < 4.78 is 0. The average Bonchev–Trinajstić information content (AvgIpc) is 3.15. The van der Waals surface area contributed by atoms with Crippen LogP contribution in [0.1, 0.15) is 0 Å². The van der Waals surface area contributed by atoms with Crippen LogP contribution in [0.25, 0.3) is 10.9 Å². The summed E-state index contributed by atoms with van der Waals surface area (Å²) in [5.41, 5.74) is 2.54. The van der Waals surface area contributed by atoms with Crippen molar-refractivity contribution in [3.05, 3.63) is 58.7 Å². The first-order valence-corrected chi connectivity index (χ1v) is 10.6. The van der Waals surface area contributed by atoms with Gasteiger partial charge in [-0.3, -0.25) is 4.90 Å². The van der Waals surface area contributed by atoms with E-state index in [-0.39, 0.29) is 0 Å². The Balaban J connectivity index is 1.30. The molecular weight excluding hydrogens is 385 g/mol.